The Morgan fingerprint density at radius 2 is 1.59 bits per heavy atom. The molecule has 0 spiro atoms. The van der Waals surface area contributed by atoms with Crippen molar-refractivity contribution in [1.82, 2.24) is 9.66 Å². The van der Waals surface area contributed by atoms with Crippen molar-refractivity contribution in [2.75, 3.05) is 0 Å². The number of benzene rings is 3. The number of para-hydroxylation sites is 1. The molecule has 1 heterocycles. The number of nitrogens with zero attached hydrogens (tertiary/aromatic N) is 4. The van der Waals surface area contributed by atoms with E-state index in [-0.39, 0.29) is 5.75 Å². The molecule has 0 unspecified atom stereocenters. The quantitative estimate of drug-likeness (QED) is 0.447. The summed E-state index contributed by atoms with van der Waals surface area (Å²) in [5, 5.41) is 15.1. The number of hydrogen-bond donors (Lipinski definition) is 1. The number of aliphatic imine (C=N–C) groups is 1. The molecular weight excluding hydrogens is 384 g/mol. The monoisotopic (exact) mass is 400 g/mol. The van der Waals surface area contributed by atoms with E-state index in [9.17, 15) is 5.11 Å². The lowest BCUT2D eigenvalue weighted by molar-refractivity contribution is 0.474. The van der Waals surface area contributed by atoms with E-state index in [1.807, 2.05) is 66.9 Å². The molecule has 0 saturated carbocycles. The molecule has 6 heteroatoms. The molecular formula is C23H17ClN4O. The molecule has 0 fully saturated rings. The van der Waals surface area contributed by atoms with E-state index in [4.69, 9.17) is 11.6 Å². The van der Waals surface area contributed by atoms with Crippen LogP contribution in [0, 0.1) is 0 Å². The van der Waals surface area contributed by atoms with Crippen LogP contribution in [0.1, 0.15) is 11.1 Å². The molecule has 29 heavy (non-hydrogen) atoms. The highest BCUT2D eigenvalue weighted by molar-refractivity contribution is 6.30. The molecule has 5 nitrogen and oxygen atoms in total. The summed E-state index contributed by atoms with van der Waals surface area (Å²) >= 11 is 5.94. The van der Waals surface area contributed by atoms with E-state index in [0.29, 0.717) is 16.5 Å². The van der Waals surface area contributed by atoms with Crippen molar-refractivity contribution < 1.29 is 5.11 Å². The van der Waals surface area contributed by atoms with E-state index in [0.717, 1.165) is 16.8 Å². The van der Waals surface area contributed by atoms with Crippen molar-refractivity contribution in [3.8, 4) is 17.0 Å². The highest BCUT2D eigenvalue weighted by Crippen LogP contribution is 2.23. The van der Waals surface area contributed by atoms with Crippen LogP contribution in [-0.2, 0) is 0 Å². The SMILES string of the molecule is Oc1ccccc1C=Nc1nc(-c2ccccc2)cn1/N=C\c1ccc(Cl)cc1. The van der Waals surface area contributed by atoms with Crippen molar-refractivity contribution in [2.45, 2.75) is 0 Å². The summed E-state index contributed by atoms with van der Waals surface area (Å²) in [4.78, 5) is 9.04. The van der Waals surface area contributed by atoms with Gasteiger partial charge in [0.05, 0.1) is 18.1 Å². The normalized spacial score (nSPS) is 11.5. The van der Waals surface area contributed by atoms with Crippen LogP contribution in [0.15, 0.2) is 95.2 Å². The van der Waals surface area contributed by atoms with Crippen LogP contribution in [0.3, 0.4) is 0 Å². The molecule has 4 rings (SSSR count). The number of imidazole rings is 1. The predicted octanol–water partition coefficient (Wildman–Crippen LogP) is 5.54. The Hall–Kier alpha value is -3.70. The second kappa shape index (κ2) is 8.54. The minimum Gasteiger partial charge on any atom is -0.507 e. The third-order valence-electron chi connectivity index (χ3n) is 4.20. The third-order valence-corrected chi connectivity index (χ3v) is 4.45. The molecule has 0 bridgehead atoms. The molecule has 0 aliphatic rings. The first-order valence-electron chi connectivity index (χ1n) is 8.96. The molecule has 0 aliphatic heterocycles. The Bertz CT molecular complexity index is 1170. The van der Waals surface area contributed by atoms with Crippen molar-refractivity contribution >= 4 is 30.0 Å². The maximum absolute atomic E-state index is 9.96. The molecule has 0 atom stereocenters. The number of rotatable bonds is 5. The summed E-state index contributed by atoms with van der Waals surface area (Å²) in [7, 11) is 0. The summed E-state index contributed by atoms with van der Waals surface area (Å²) in [6, 6.07) is 24.2. The summed E-state index contributed by atoms with van der Waals surface area (Å²) in [6.45, 7) is 0. The Labute approximate surface area is 173 Å². The first-order chi connectivity index (χ1) is 14.2. The van der Waals surface area contributed by atoms with E-state index in [1.165, 1.54) is 0 Å². The van der Waals surface area contributed by atoms with Crippen LogP contribution < -0.4 is 0 Å². The van der Waals surface area contributed by atoms with Crippen LogP contribution in [0.2, 0.25) is 5.02 Å². The maximum Gasteiger partial charge on any atom is 0.251 e. The van der Waals surface area contributed by atoms with E-state index >= 15 is 0 Å². The molecule has 142 valence electrons. The fourth-order valence-electron chi connectivity index (χ4n) is 2.68. The average Bonchev–Trinajstić information content (AvgIpc) is 3.16. The lowest BCUT2D eigenvalue weighted by Crippen LogP contribution is -1.90. The smallest absolute Gasteiger partial charge is 0.251 e. The van der Waals surface area contributed by atoms with E-state index in [1.54, 1.807) is 35.3 Å². The first-order valence-corrected chi connectivity index (χ1v) is 9.34. The molecule has 0 aliphatic carbocycles. The van der Waals surface area contributed by atoms with Gasteiger partial charge < -0.3 is 5.11 Å². The van der Waals surface area contributed by atoms with Gasteiger partial charge in [-0.3, -0.25) is 0 Å². The molecule has 0 saturated heterocycles. The van der Waals surface area contributed by atoms with Gasteiger partial charge in [-0.1, -0.05) is 66.2 Å². The van der Waals surface area contributed by atoms with Gasteiger partial charge in [0.2, 0.25) is 0 Å². The van der Waals surface area contributed by atoms with Gasteiger partial charge in [0.15, 0.2) is 0 Å². The van der Waals surface area contributed by atoms with Gasteiger partial charge in [-0.2, -0.15) is 5.10 Å². The number of phenols is 1. The number of hydrogen-bond acceptors (Lipinski definition) is 4. The van der Waals surface area contributed by atoms with Crippen LogP contribution in [0.5, 0.6) is 5.75 Å². The van der Waals surface area contributed by atoms with E-state index in [2.05, 4.69) is 15.1 Å². The Balaban J connectivity index is 1.71. The van der Waals surface area contributed by atoms with E-state index < -0.39 is 0 Å². The zero-order valence-electron chi connectivity index (χ0n) is 15.4. The standard InChI is InChI=1S/C23H17ClN4O/c24-20-12-10-17(11-13-20)14-26-28-16-21(18-6-2-1-3-7-18)27-23(28)25-15-19-8-4-5-9-22(19)29/h1-16,29H/b25-15?,26-14-. The summed E-state index contributed by atoms with van der Waals surface area (Å²) in [5.41, 5.74) is 3.22. The van der Waals surface area contributed by atoms with Gasteiger partial charge in [-0.15, -0.1) is 0 Å². The minimum atomic E-state index is 0.155. The second-order valence-electron chi connectivity index (χ2n) is 6.25. The van der Waals surface area contributed by atoms with Crippen molar-refractivity contribution in [3.63, 3.8) is 0 Å². The van der Waals surface area contributed by atoms with Gasteiger partial charge in [-0.05, 0) is 29.8 Å². The van der Waals surface area contributed by atoms with Crippen molar-refractivity contribution in [1.29, 1.82) is 0 Å². The summed E-state index contributed by atoms with van der Waals surface area (Å²) in [5.74, 6) is 0.555. The van der Waals surface area contributed by atoms with Crippen LogP contribution in [-0.4, -0.2) is 27.2 Å². The number of halogens is 1. The molecule has 0 radical (unpaired) electrons. The highest BCUT2D eigenvalue weighted by Gasteiger charge is 2.08. The minimum absolute atomic E-state index is 0.155. The summed E-state index contributed by atoms with van der Waals surface area (Å²) < 4.78 is 1.60. The van der Waals surface area contributed by atoms with Crippen LogP contribution in [0.4, 0.5) is 5.95 Å². The molecule has 3 aromatic carbocycles. The van der Waals surface area contributed by atoms with Gasteiger partial charge in [0.25, 0.3) is 5.95 Å². The predicted molar refractivity (Wildman–Crippen MR) is 117 cm³/mol. The first kappa shape index (κ1) is 18.7. The van der Waals surface area contributed by atoms with Gasteiger partial charge >= 0.3 is 0 Å². The van der Waals surface area contributed by atoms with Gasteiger partial charge in [0, 0.05) is 22.4 Å². The van der Waals surface area contributed by atoms with Gasteiger partial charge in [-0.25, -0.2) is 14.7 Å². The largest absolute Gasteiger partial charge is 0.507 e. The molecule has 4 aromatic rings. The maximum atomic E-state index is 9.96. The second-order valence-corrected chi connectivity index (χ2v) is 6.69. The fourth-order valence-corrected chi connectivity index (χ4v) is 2.81. The Morgan fingerprint density at radius 1 is 0.862 bits per heavy atom. The van der Waals surface area contributed by atoms with Crippen LogP contribution >= 0.6 is 11.6 Å². The molecule has 0 amide bonds. The van der Waals surface area contributed by atoms with Crippen molar-refractivity contribution in [3.05, 3.63) is 101 Å². The zero-order chi connectivity index (χ0) is 20.1. The molecule has 1 aromatic heterocycles. The third kappa shape index (κ3) is 4.59. The van der Waals surface area contributed by atoms with Crippen molar-refractivity contribution in [2.24, 2.45) is 10.1 Å². The van der Waals surface area contributed by atoms with Crippen LogP contribution in [0.25, 0.3) is 11.3 Å². The zero-order valence-corrected chi connectivity index (χ0v) is 16.1. The number of phenolic OH excluding ortho intramolecular Hbond substituents is 1. The number of aromatic nitrogens is 2. The lowest BCUT2D eigenvalue weighted by Gasteiger charge is -1.98. The fraction of sp³-hybridized carbons (Fsp3) is 0. The summed E-state index contributed by atoms with van der Waals surface area (Å²) in [6.07, 6.45) is 5.10. The number of aromatic hydroxyl groups is 1. The average molecular weight is 401 g/mol. The highest BCUT2D eigenvalue weighted by atomic mass is 35.5. The molecule has 1 N–H and O–H groups in total. The van der Waals surface area contributed by atoms with Gasteiger partial charge in [0.1, 0.15) is 5.75 Å². The lowest BCUT2D eigenvalue weighted by atomic mass is 10.2. The topological polar surface area (TPSA) is 62.8 Å². The Kier molecular flexibility index (Phi) is 5.49. The Morgan fingerprint density at radius 3 is 2.34 bits per heavy atom.